The lowest BCUT2D eigenvalue weighted by Gasteiger charge is -2.10. The number of aromatic carboxylic acids is 1. The number of aromatic nitrogens is 2. The Labute approximate surface area is 129 Å². The molecule has 1 aromatic carbocycles. The van der Waals surface area contributed by atoms with Crippen molar-refractivity contribution in [3.8, 4) is 0 Å². The van der Waals surface area contributed by atoms with Gasteiger partial charge in [0.05, 0.1) is 23.5 Å². The predicted molar refractivity (Wildman–Crippen MR) is 80.2 cm³/mol. The van der Waals surface area contributed by atoms with Crippen molar-refractivity contribution in [3.63, 3.8) is 0 Å². The van der Waals surface area contributed by atoms with E-state index in [4.69, 9.17) is 5.11 Å². The van der Waals surface area contributed by atoms with Gasteiger partial charge in [-0.3, -0.25) is 4.68 Å². The van der Waals surface area contributed by atoms with E-state index in [1.807, 2.05) is 0 Å². The second-order valence-corrected chi connectivity index (χ2v) is 5.11. The molecule has 0 saturated heterocycles. The maximum absolute atomic E-state index is 11.8. The summed E-state index contributed by atoms with van der Waals surface area (Å²) in [6.07, 6.45) is 1.64. The predicted octanol–water partition coefficient (Wildman–Crippen LogP) is 2.20. The fourth-order valence-corrected chi connectivity index (χ4v) is 2.01. The number of carboxylic acids is 1. The van der Waals surface area contributed by atoms with Crippen molar-refractivity contribution < 1.29 is 14.7 Å². The van der Waals surface area contributed by atoms with Gasteiger partial charge in [-0.25, -0.2) is 9.59 Å². The Hall–Kier alpha value is -2.35. The van der Waals surface area contributed by atoms with Gasteiger partial charge < -0.3 is 15.7 Å². The second-order valence-electron chi connectivity index (χ2n) is 4.25. The lowest BCUT2D eigenvalue weighted by Crippen LogP contribution is -2.29. The van der Waals surface area contributed by atoms with E-state index in [1.165, 1.54) is 12.1 Å². The number of rotatable bonds is 4. The molecule has 2 rings (SSSR count). The van der Waals surface area contributed by atoms with Gasteiger partial charge >= 0.3 is 12.0 Å². The Balaban J connectivity index is 2.01. The minimum atomic E-state index is -1.05. The molecule has 0 aliphatic carbocycles. The van der Waals surface area contributed by atoms with E-state index in [9.17, 15) is 9.59 Å². The third-order valence-corrected chi connectivity index (χ3v) is 3.51. The van der Waals surface area contributed by atoms with Crippen LogP contribution < -0.4 is 10.6 Å². The van der Waals surface area contributed by atoms with Crippen LogP contribution in [-0.4, -0.2) is 26.9 Å². The van der Waals surface area contributed by atoms with Crippen LogP contribution in [0, 0.1) is 0 Å². The molecule has 0 bridgehead atoms. The molecule has 2 aromatic rings. The Morgan fingerprint density at radius 1 is 1.38 bits per heavy atom. The average Bonchev–Trinajstić information content (AvgIpc) is 2.84. The van der Waals surface area contributed by atoms with E-state index in [0.717, 1.165) is 5.69 Å². The van der Waals surface area contributed by atoms with Crippen LogP contribution in [0.3, 0.4) is 0 Å². The van der Waals surface area contributed by atoms with Crippen LogP contribution >= 0.6 is 15.9 Å². The number of carbonyl (C=O) groups excluding carboxylic acids is 1. The molecule has 1 heterocycles. The van der Waals surface area contributed by atoms with Crippen LogP contribution in [0.5, 0.6) is 0 Å². The highest BCUT2D eigenvalue weighted by Gasteiger charge is 2.10. The van der Waals surface area contributed by atoms with Gasteiger partial charge in [-0.15, -0.1) is 0 Å². The lowest BCUT2D eigenvalue weighted by molar-refractivity contribution is 0.0697. The van der Waals surface area contributed by atoms with Crippen molar-refractivity contribution in [2.45, 2.75) is 6.54 Å². The summed E-state index contributed by atoms with van der Waals surface area (Å²) in [5, 5.41) is 18.2. The standard InChI is InChI=1S/C13H13BrN4O3/c1-18-9(4-5-16-18)7-15-13(21)17-11-6-8(12(19)20)2-3-10(11)14/h2-6H,7H2,1H3,(H,19,20)(H2,15,17,21). The summed E-state index contributed by atoms with van der Waals surface area (Å²) in [5.41, 5.74) is 1.33. The third-order valence-electron chi connectivity index (χ3n) is 2.81. The molecular weight excluding hydrogens is 340 g/mol. The maximum Gasteiger partial charge on any atom is 0.335 e. The Morgan fingerprint density at radius 3 is 2.76 bits per heavy atom. The van der Waals surface area contributed by atoms with Gasteiger partial charge in [0.15, 0.2) is 0 Å². The first kappa shape index (κ1) is 15.0. The van der Waals surface area contributed by atoms with Gasteiger partial charge in [0.1, 0.15) is 0 Å². The van der Waals surface area contributed by atoms with Crippen LogP contribution in [0.25, 0.3) is 0 Å². The molecule has 0 spiro atoms. The van der Waals surface area contributed by atoms with E-state index in [-0.39, 0.29) is 5.56 Å². The molecule has 21 heavy (non-hydrogen) atoms. The molecule has 0 radical (unpaired) electrons. The molecule has 7 nitrogen and oxygen atoms in total. The molecule has 110 valence electrons. The van der Waals surface area contributed by atoms with Crippen molar-refractivity contribution in [3.05, 3.63) is 46.2 Å². The van der Waals surface area contributed by atoms with Crippen molar-refractivity contribution in [1.29, 1.82) is 0 Å². The first-order valence-corrected chi connectivity index (χ1v) is 6.81. The van der Waals surface area contributed by atoms with E-state index < -0.39 is 12.0 Å². The molecule has 1 aromatic heterocycles. The second kappa shape index (κ2) is 6.40. The molecule has 0 unspecified atom stereocenters. The largest absolute Gasteiger partial charge is 0.478 e. The van der Waals surface area contributed by atoms with E-state index >= 15 is 0 Å². The molecule has 0 saturated carbocycles. The Morgan fingerprint density at radius 2 is 2.14 bits per heavy atom. The minimum Gasteiger partial charge on any atom is -0.478 e. The average molecular weight is 353 g/mol. The van der Waals surface area contributed by atoms with Crippen LogP contribution in [0.4, 0.5) is 10.5 Å². The molecular formula is C13H13BrN4O3. The summed E-state index contributed by atoms with van der Waals surface area (Å²) in [6, 6.07) is 5.77. The van der Waals surface area contributed by atoms with Crippen molar-refractivity contribution >= 4 is 33.6 Å². The molecule has 3 N–H and O–H groups in total. The highest BCUT2D eigenvalue weighted by Crippen LogP contribution is 2.23. The number of amides is 2. The van der Waals surface area contributed by atoms with Crippen molar-refractivity contribution in [2.24, 2.45) is 7.05 Å². The lowest BCUT2D eigenvalue weighted by atomic mass is 10.2. The number of urea groups is 1. The number of hydrogen-bond donors (Lipinski definition) is 3. The molecule has 8 heteroatoms. The number of halogens is 1. The van der Waals surface area contributed by atoms with Gasteiger partial charge in [-0.05, 0) is 40.2 Å². The number of carbonyl (C=O) groups is 2. The zero-order valence-electron chi connectivity index (χ0n) is 11.1. The van der Waals surface area contributed by atoms with Crippen molar-refractivity contribution in [2.75, 3.05) is 5.32 Å². The smallest absolute Gasteiger partial charge is 0.335 e. The normalized spacial score (nSPS) is 10.2. The first-order chi connectivity index (χ1) is 9.97. The number of benzene rings is 1. The van der Waals surface area contributed by atoms with Gasteiger partial charge in [-0.1, -0.05) is 0 Å². The van der Waals surface area contributed by atoms with Crippen LogP contribution in [0.1, 0.15) is 16.1 Å². The number of aryl methyl sites for hydroxylation is 1. The number of nitrogens with one attached hydrogen (secondary N) is 2. The Kier molecular flexibility index (Phi) is 4.59. The number of nitrogens with zero attached hydrogens (tertiary/aromatic N) is 2. The fraction of sp³-hybridized carbons (Fsp3) is 0.154. The summed E-state index contributed by atoms with van der Waals surface area (Å²) < 4.78 is 2.25. The first-order valence-electron chi connectivity index (χ1n) is 6.02. The minimum absolute atomic E-state index is 0.0973. The van der Waals surface area contributed by atoms with E-state index in [0.29, 0.717) is 16.7 Å². The van der Waals surface area contributed by atoms with Crippen LogP contribution in [0.15, 0.2) is 34.9 Å². The third kappa shape index (κ3) is 3.82. The van der Waals surface area contributed by atoms with Gasteiger partial charge in [0.25, 0.3) is 0 Å². The maximum atomic E-state index is 11.8. The topological polar surface area (TPSA) is 96.3 Å². The van der Waals surface area contributed by atoms with Crippen molar-refractivity contribution in [1.82, 2.24) is 15.1 Å². The fourth-order valence-electron chi connectivity index (χ4n) is 1.67. The summed E-state index contributed by atoms with van der Waals surface area (Å²) >= 11 is 3.26. The van der Waals surface area contributed by atoms with E-state index in [1.54, 1.807) is 30.1 Å². The monoisotopic (exact) mass is 352 g/mol. The summed E-state index contributed by atoms with van der Waals surface area (Å²) in [5.74, 6) is -1.05. The highest BCUT2D eigenvalue weighted by molar-refractivity contribution is 9.10. The molecule has 0 aliphatic rings. The van der Waals surface area contributed by atoms with Crippen LogP contribution in [0.2, 0.25) is 0 Å². The number of carboxylic acid groups (broad SMARTS) is 1. The number of hydrogen-bond acceptors (Lipinski definition) is 3. The SMILES string of the molecule is Cn1nccc1CNC(=O)Nc1cc(C(=O)O)ccc1Br. The van der Waals surface area contributed by atoms with Gasteiger partial charge in [-0.2, -0.15) is 5.10 Å². The quantitative estimate of drug-likeness (QED) is 0.785. The van der Waals surface area contributed by atoms with Crippen LogP contribution in [-0.2, 0) is 13.6 Å². The summed E-state index contributed by atoms with van der Waals surface area (Å²) in [6.45, 7) is 0.318. The van der Waals surface area contributed by atoms with Gasteiger partial charge in [0, 0.05) is 17.7 Å². The van der Waals surface area contributed by atoms with E-state index in [2.05, 4.69) is 31.7 Å². The Bertz CT molecular complexity index is 684. The molecule has 0 aliphatic heterocycles. The van der Waals surface area contributed by atoms with Gasteiger partial charge in [0.2, 0.25) is 0 Å². The number of anilines is 1. The zero-order valence-corrected chi connectivity index (χ0v) is 12.7. The summed E-state index contributed by atoms with van der Waals surface area (Å²) in [7, 11) is 1.78. The zero-order chi connectivity index (χ0) is 15.4. The molecule has 0 fully saturated rings. The summed E-state index contributed by atoms with van der Waals surface area (Å²) in [4.78, 5) is 22.7. The molecule has 0 atom stereocenters. The highest BCUT2D eigenvalue weighted by atomic mass is 79.9. The molecule has 2 amide bonds.